The molecule has 1 aromatic heterocycles. The van der Waals surface area contributed by atoms with Crippen LogP contribution in [0.5, 0.6) is 0 Å². The van der Waals surface area contributed by atoms with Gasteiger partial charge in [-0.2, -0.15) is 15.0 Å². The van der Waals surface area contributed by atoms with Crippen LogP contribution in [0.25, 0.3) is 0 Å². The van der Waals surface area contributed by atoms with E-state index in [1.165, 1.54) is 135 Å². The second-order valence-electron chi connectivity index (χ2n) is 11.8. The molecule has 0 radical (unpaired) electrons. The van der Waals surface area contributed by atoms with E-state index in [1.54, 1.807) is 11.8 Å². The van der Waals surface area contributed by atoms with Gasteiger partial charge < -0.3 is 15.5 Å². The maximum Gasteiger partial charge on any atom is 0.228 e. The van der Waals surface area contributed by atoms with E-state index in [4.69, 9.17) is 9.97 Å². The normalized spacial score (nSPS) is 11.4. The van der Waals surface area contributed by atoms with Gasteiger partial charge >= 0.3 is 0 Å². The molecule has 234 valence electrons. The Bertz CT molecular complexity index is 672. The van der Waals surface area contributed by atoms with Crippen molar-refractivity contribution in [3.8, 4) is 0 Å². The molecule has 0 aliphatic rings. The summed E-state index contributed by atoms with van der Waals surface area (Å²) in [6, 6.07) is 0. The van der Waals surface area contributed by atoms with Crippen molar-refractivity contribution in [1.82, 2.24) is 19.9 Å². The number of anilines is 2. The van der Waals surface area contributed by atoms with Crippen molar-refractivity contribution in [2.75, 3.05) is 50.1 Å². The maximum absolute atomic E-state index is 4.74. The van der Waals surface area contributed by atoms with Gasteiger partial charge in [0.05, 0.1) is 0 Å². The van der Waals surface area contributed by atoms with Crippen LogP contribution < -0.4 is 10.6 Å². The average molecular weight is 579 g/mol. The first-order valence-electron chi connectivity index (χ1n) is 17.2. The lowest BCUT2D eigenvalue weighted by Crippen LogP contribution is -2.17. The summed E-state index contributed by atoms with van der Waals surface area (Å²) in [5, 5.41) is 7.76. The van der Waals surface area contributed by atoms with E-state index in [0.717, 1.165) is 42.9 Å². The van der Waals surface area contributed by atoms with Gasteiger partial charge in [0.2, 0.25) is 11.9 Å². The molecule has 2 N–H and O–H groups in total. The van der Waals surface area contributed by atoms with Gasteiger partial charge in [-0.1, -0.05) is 148 Å². The molecule has 40 heavy (non-hydrogen) atoms. The summed E-state index contributed by atoms with van der Waals surface area (Å²) in [7, 11) is 4.23. The van der Waals surface area contributed by atoms with E-state index in [0.29, 0.717) is 5.95 Å². The van der Waals surface area contributed by atoms with Crippen LogP contribution in [-0.4, -0.2) is 59.3 Å². The monoisotopic (exact) mass is 579 g/mol. The van der Waals surface area contributed by atoms with Gasteiger partial charge in [0.25, 0.3) is 0 Å². The highest BCUT2D eigenvalue weighted by atomic mass is 32.2. The van der Waals surface area contributed by atoms with Crippen molar-refractivity contribution in [3.63, 3.8) is 0 Å². The summed E-state index contributed by atoms with van der Waals surface area (Å²) in [6.07, 6.45) is 29.8. The Morgan fingerprint density at radius 1 is 0.500 bits per heavy atom. The molecular weight excluding hydrogens is 512 g/mol. The fourth-order valence-electron chi connectivity index (χ4n) is 4.92. The molecule has 0 amide bonds. The van der Waals surface area contributed by atoms with Crippen LogP contribution in [0.15, 0.2) is 5.16 Å². The van der Waals surface area contributed by atoms with Crippen LogP contribution in [0.4, 0.5) is 11.9 Å². The van der Waals surface area contributed by atoms with Gasteiger partial charge in [0.15, 0.2) is 5.16 Å². The van der Waals surface area contributed by atoms with Crippen molar-refractivity contribution in [2.45, 2.75) is 160 Å². The Hall–Kier alpha value is -1.08. The minimum atomic E-state index is 0.709. The molecule has 0 unspecified atom stereocenters. The van der Waals surface area contributed by atoms with Crippen LogP contribution in [-0.2, 0) is 0 Å². The molecular formula is C33H66N6S. The Balaban J connectivity index is 2.30. The average Bonchev–Trinajstić information content (AvgIpc) is 2.94. The molecule has 1 heterocycles. The highest BCUT2D eigenvalue weighted by Gasteiger charge is 2.07. The smallest absolute Gasteiger partial charge is 0.228 e. The number of nitrogens with zero attached hydrogens (tertiary/aromatic N) is 4. The third-order valence-corrected chi connectivity index (χ3v) is 8.41. The van der Waals surface area contributed by atoms with Crippen molar-refractivity contribution < 1.29 is 0 Å². The summed E-state index contributed by atoms with van der Waals surface area (Å²) in [4.78, 5) is 16.3. The van der Waals surface area contributed by atoms with Crippen LogP contribution in [0.3, 0.4) is 0 Å². The molecule has 6 nitrogen and oxygen atoms in total. The number of hydrogen-bond donors (Lipinski definition) is 2. The summed E-state index contributed by atoms with van der Waals surface area (Å²) >= 11 is 1.78. The Morgan fingerprint density at radius 2 is 0.900 bits per heavy atom. The summed E-state index contributed by atoms with van der Waals surface area (Å²) < 4.78 is 0. The molecule has 0 aliphatic carbocycles. The minimum absolute atomic E-state index is 0.709. The van der Waals surface area contributed by atoms with Gasteiger partial charge in [-0.05, 0) is 39.9 Å². The maximum atomic E-state index is 4.74. The molecule has 0 fully saturated rings. The number of nitrogens with one attached hydrogen (secondary N) is 2. The predicted molar refractivity (Wildman–Crippen MR) is 179 cm³/mol. The molecule has 0 bridgehead atoms. The topological polar surface area (TPSA) is 66.0 Å². The first kappa shape index (κ1) is 36.9. The third-order valence-electron chi connectivity index (χ3n) is 7.47. The number of aromatic nitrogens is 3. The zero-order valence-electron chi connectivity index (χ0n) is 27.1. The van der Waals surface area contributed by atoms with Crippen molar-refractivity contribution in [2.24, 2.45) is 0 Å². The number of hydrogen-bond acceptors (Lipinski definition) is 7. The molecule has 0 saturated carbocycles. The van der Waals surface area contributed by atoms with Crippen LogP contribution >= 0.6 is 11.8 Å². The Morgan fingerprint density at radius 3 is 1.35 bits per heavy atom. The fourth-order valence-corrected chi connectivity index (χ4v) is 5.75. The van der Waals surface area contributed by atoms with E-state index in [9.17, 15) is 0 Å². The second kappa shape index (κ2) is 28.1. The fraction of sp³-hybridized carbons (Fsp3) is 0.909. The molecule has 0 aromatic carbocycles. The van der Waals surface area contributed by atoms with Crippen LogP contribution in [0.1, 0.15) is 155 Å². The van der Waals surface area contributed by atoms with Gasteiger partial charge in [0.1, 0.15) is 0 Å². The number of unbranched alkanes of at least 4 members (excludes halogenated alkanes) is 19. The summed E-state index contributed by atoms with van der Waals surface area (Å²) in [5.74, 6) is 2.52. The zero-order valence-corrected chi connectivity index (χ0v) is 27.9. The van der Waals surface area contributed by atoms with Gasteiger partial charge in [0, 0.05) is 18.8 Å². The lowest BCUT2D eigenvalue weighted by atomic mass is 10.1. The first-order chi connectivity index (χ1) is 19.7. The van der Waals surface area contributed by atoms with Crippen molar-refractivity contribution in [1.29, 1.82) is 0 Å². The minimum Gasteiger partial charge on any atom is -0.354 e. The molecule has 0 atom stereocenters. The quantitative estimate of drug-likeness (QED) is 0.0695. The predicted octanol–water partition coefficient (Wildman–Crippen LogP) is 9.97. The standard InChI is InChI=1S/C33H66N6S/c1-5-7-9-11-13-15-17-18-20-22-24-27-34-31-36-32(35-28-26-29-39(3)4)38-33(37-31)40-30-25-23-21-19-16-14-12-10-8-6-2/h5-30H2,1-4H3,(H2,34,35,36,37,38). The third kappa shape index (κ3) is 23.6. The van der Waals surface area contributed by atoms with E-state index in [1.807, 2.05) is 0 Å². The van der Waals surface area contributed by atoms with Gasteiger partial charge in [-0.15, -0.1) is 0 Å². The SMILES string of the molecule is CCCCCCCCCCCCCNc1nc(NCCCN(C)C)nc(SCCCCCCCCCCCC)n1. The van der Waals surface area contributed by atoms with E-state index in [-0.39, 0.29) is 0 Å². The van der Waals surface area contributed by atoms with Crippen LogP contribution in [0, 0.1) is 0 Å². The van der Waals surface area contributed by atoms with E-state index in [2.05, 4.69) is 48.5 Å². The lowest BCUT2D eigenvalue weighted by molar-refractivity contribution is 0.405. The van der Waals surface area contributed by atoms with E-state index < -0.39 is 0 Å². The van der Waals surface area contributed by atoms with Crippen molar-refractivity contribution in [3.05, 3.63) is 0 Å². The highest BCUT2D eigenvalue weighted by molar-refractivity contribution is 7.99. The number of thioether (sulfide) groups is 1. The van der Waals surface area contributed by atoms with Crippen molar-refractivity contribution >= 4 is 23.7 Å². The number of rotatable bonds is 30. The summed E-state index contributed by atoms with van der Waals surface area (Å²) in [5.41, 5.74) is 0. The molecule has 0 aliphatic heterocycles. The van der Waals surface area contributed by atoms with E-state index >= 15 is 0 Å². The molecule has 1 aromatic rings. The highest BCUT2D eigenvalue weighted by Crippen LogP contribution is 2.20. The first-order valence-corrected chi connectivity index (χ1v) is 18.2. The van der Waals surface area contributed by atoms with Crippen LogP contribution in [0.2, 0.25) is 0 Å². The second-order valence-corrected chi connectivity index (χ2v) is 12.9. The van der Waals surface area contributed by atoms with Gasteiger partial charge in [-0.3, -0.25) is 0 Å². The molecule has 7 heteroatoms. The lowest BCUT2D eigenvalue weighted by Gasteiger charge is -2.12. The zero-order chi connectivity index (χ0) is 28.9. The van der Waals surface area contributed by atoms with Gasteiger partial charge in [-0.25, -0.2) is 0 Å². The largest absolute Gasteiger partial charge is 0.354 e. The molecule has 0 spiro atoms. The molecule has 1 rings (SSSR count). The summed E-state index contributed by atoms with van der Waals surface area (Å²) in [6.45, 7) is 7.45. The molecule has 0 saturated heterocycles. The Labute approximate surface area is 253 Å². The Kier molecular flexibility index (Phi) is 25.9.